The first-order chi connectivity index (χ1) is 10.2. The Kier molecular flexibility index (Phi) is 4.03. The molecular weight excluding hydrogens is 262 g/mol. The van der Waals surface area contributed by atoms with Gasteiger partial charge in [0.25, 0.3) is 0 Å². The number of hydrogen-bond donors (Lipinski definition) is 1. The van der Waals surface area contributed by atoms with E-state index in [0.717, 1.165) is 25.5 Å². The molecule has 5 heteroatoms. The van der Waals surface area contributed by atoms with Gasteiger partial charge in [-0.3, -0.25) is 4.90 Å². The van der Waals surface area contributed by atoms with Crippen LogP contribution in [-0.2, 0) is 13.1 Å². The van der Waals surface area contributed by atoms with Crippen molar-refractivity contribution in [2.24, 2.45) is 0 Å². The van der Waals surface area contributed by atoms with Gasteiger partial charge >= 0.3 is 0 Å². The van der Waals surface area contributed by atoms with Crippen molar-refractivity contribution in [2.45, 2.75) is 39.0 Å². The summed E-state index contributed by atoms with van der Waals surface area (Å²) in [4.78, 5) is 2.48. The number of likely N-dealkylation sites (N-methyl/N-ethyl adjacent to an activating group) is 1. The highest BCUT2D eigenvalue weighted by Gasteiger charge is 2.27. The zero-order valence-electron chi connectivity index (χ0n) is 13.0. The summed E-state index contributed by atoms with van der Waals surface area (Å²) < 4.78 is 2.14. The number of nitrogens with one attached hydrogen (secondary N) is 1. The van der Waals surface area contributed by atoms with Gasteiger partial charge in [-0.1, -0.05) is 29.8 Å². The van der Waals surface area contributed by atoms with Crippen molar-refractivity contribution in [3.8, 4) is 0 Å². The third kappa shape index (κ3) is 2.84. The van der Waals surface area contributed by atoms with Gasteiger partial charge in [0.2, 0.25) is 0 Å². The minimum atomic E-state index is 0.320. The van der Waals surface area contributed by atoms with Gasteiger partial charge in [0, 0.05) is 25.2 Å². The summed E-state index contributed by atoms with van der Waals surface area (Å²) in [5.74, 6) is 1.06. The molecule has 0 saturated carbocycles. The van der Waals surface area contributed by atoms with Gasteiger partial charge in [-0.05, 0) is 26.5 Å². The second-order valence-electron chi connectivity index (χ2n) is 5.83. The predicted molar refractivity (Wildman–Crippen MR) is 82.9 cm³/mol. The Labute approximate surface area is 126 Å². The van der Waals surface area contributed by atoms with Crippen LogP contribution < -0.4 is 5.32 Å². The molecule has 0 spiro atoms. The molecular formula is C16H23N5. The van der Waals surface area contributed by atoms with Crippen LogP contribution in [0, 0.1) is 6.92 Å². The van der Waals surface area contributed by atoms with Crippen molar-refractivity contribution >= 4 is 0 Å². The van der Waals surface area contributed by atoms with Crippen LogP contribution in [0.2, 0.25) is 0 Å². The molecule has 112 valence electrons. The van der Waals surface area contributed by atoms with Gasteiger partial charge in [0.15, 0.2) is 0 Å². The number of fused-ring (bicyclic) bond motifs is 1. The highest BCUT2D eigenvalue weighted by Crippen LogP contribution is 2.24. The lowest BCUT2D eigenvalue weighted by molar-refractivity contribution is 0.134. The van der Waals surface area contributed by atoms with E-state index in [9.17, 15) is 0 Å². The topological polar surface area (TPSA) is 46.0 Å². The maximum absolute atomic E-state index is 4.21. The van der Waals surface area contributed by atoms with Crippen molar-refractivity contribution in [2.75, 3.05) is 13.6 Å². The molecule has 21 heavy (non-hydrogen) atoms. The average molecular weight is 285 g/mol. The SMILES string of the molecule is CNC(c1ccc(C)cc1)C(C)N1CCn2cnnc2C1. The first-order valence-electron chi connectivity index (χ1n) is 7.53. The highest BCUT2D eigenvalue weighted by molar-refractivity contribution is 5.25. The molecule has 0 radical (unpaired) electrons. The molecule has 0 fully saturated rings. The van der Waals surface area contributed by atoms with E-state index < -0.39 is 0 Å². The first-order valence-corrected chi connectivity index (χ1v) is 7.53. The molecule has 0 amide bonds. The van der Waals surface area contributed by atoms with Gasteiger partial charge in [0.05, 0.1) is 6.54 Å². The molecule has 1 aromatic heterocycles. The van der Waals surface area contributed by atoms with E-state index in [0.29, 0.717) is 12.1 Å². The number of aromatic nitrogens is 3. The summed E-state index contributed by atoms with van der Waals surface area (Å²) in [6, 6.07) is 9.53. The molecule has 2 atom stereocenters. The average Bonchev–Trinajstić information content (AvgIpc) is 2.97. The molecule has 0 bridgehead atoms. The molecule has 2 unspecified atom stereocenters. The number of hydrogen-bond acceptors (Lipinski definition) is 4. The molecule has 1 aromatic carbocycles. The maximum atomic E-state index is 4.21. The van der Waals surface area contributed by atoms with Crippen molar-refractivity contribution in [1.82, 2.24) is 25.0 Å². The summed E-state index contributed by atoms with van der Waals surface area (Å²) in [7, 11) is 2.04. The van der Waals surface area contributed by atoms with Gasteiger partial charge in [-0.2, -0.15) is 0 Å². The van der Waals surface area contributed by atoms with Crippen LogP contribution in [0.1, 0.15) is 29.9 Å². The fraction of sp³-hybridized carbons (Fsp3) is 0.500. The summed E-state index contributed by atoms with van der Waals surface area (Å²) >= 11 is 0. The molecule has 1 aliphatic heterocycles. The van der Waals surface area contributed by atoms with Gasteiger partial charge < -0.3 is 9.88 Å². The minimum absolute atomic E-state index is 0.320. The molecule has 5 nitrogen and oxygen atoms in total. The van der Waals surface area contributed by atoms with Crippen molar-refractivity contribution in [1.29, 1.82) is 0 Å². The third-order valence-electron chi connectivity index (χ3n) is 4.47. The van der Waals surface area contributed by atoms with E-state index in [-0.39, 0.29) is 0 Å². The minimum Gasteiger partial charge on any atom is -0.315 e. The summed E-state index contributed by atoms with van der Waals surface area (Å²) in [5.41, 5.74) is 2.63. The van der Waals surface area contributed by atoms with Crippen LogP contribution in [-0.4, -0.2) is 39.3 Å². The first kappa shape index (κ1) is 14.2. The molecule has 1 aliphatic rings. The van der Waals surface area contributed by atoms with Crippen LogP contribution in [0.25, 0.3) is 0 Å². The van der Waals surface area contributed by atoms with E-state index >= 15 is 0 Å². The van der Waals surface area contributed by atoms with Crippen LogP contribution in [0.5, 0.6) is 0 Å². The van der Waals surface area contributed by atoms with Crippen LogP contribution in [0.3, 0.4) is 0 Å². The number of rotatable bonds is 4. The van der Waals surface area contributed by atoms with Crippen LogP contribution in [0.15, 0.2) is 30.6 Å². The number of benzene rings is 1. The van der Waals surface area contributed by atoms with Crippen molar-refractivity contribution in [3.63, 3.8) is 0 Å². The van der Waals surface area contributed by atoms with Crippen molar-refractivity contribution in [3.05, 3.63) is 47.5 Å². The molecule has 2 heterocycles. The monoisotopic (exact) mass is 285 g/mol. The summed E-state index contributed by atoms with van der Waals surface area (Å²) in [6.45, 7) is 7.28. The van der Waals surface area contributed by atoms with E-state index in [1.165, 1.54) is 11.1 Å². The lowest BCUT2D eigenvalue weighted by Crippen LogP contribution is -2.45. The Morgan fingerprint density at radius 3 is 2.67 bits per heavy atom. The standard InChI is InChI=1S/C16H23N5/c1-12-4-6-14(7-5-12)16(17-3)13(2)20-8-9-21-11-18-19-15(21)10-20/h4-7,11,13,16-17H,8-10H2,1-3H3. The fourth-order valence-electron chi connectivity index (χ4n) is 3.10. The molecule has 0 saturated heterocycles. The molecule has 1 N–H and O–H groups in total. The fourth-order valence-corrected chi connectivity index (χ4v) is 3.10. The lowest BCUT2D eigenvalue weighted by Gasteiger charge is -2.37. The van der Waals surface area contributed by atoms with Gasteiger partial charge in [0.1, 0.15) is 12.2 Å². The normalized spacial score (nSPS) is 18.2. The Morgan fingerprint density at radius 2 is 1.95 bits per heavy atom. The quantitative estimate of drug-likeness (QED) is 0.929. The summed E-state index contributed by atoms with van der Waals surface area (Å²) in [6.07, 6.45) is 1.83. The van der Waals surface area contributed by atoms with Crippen LogP contribution >= 0.6 is 0 Å². The Balaban J connectivity index is 1.77. The highest BCUT2D eigenvalue weighted by atomic mass is 15.3. The summed E-state index contributed by atoms with van der Waals surface area (Å²) in [5, 5.41) is 11.7. The largest absolute Gasteiger partial charge is 0.315 e. The number of nitrogens with zero attached hydrogens (tertiary/aromatic N) is 4. The zero-order valence-corrected chi connectivity index (χ0v) is 13.0. The van der Waals surface area contributed by atoms with E-state index in [1.54, 1.807) is 0 Å². The van der Waals surface area contributed by atoms with Gasteiger partial charge in [-0.15, -0.1) is 10.2 Å². The smallest absolute Gasteiger partial charge is 0.147 e. The van der Waals surface area contributed by atoms with E-state index in [1.807, 2.05) is 13.4 Å². The second kappa shape index (κ2) is 5.95. The lowest BCUT2D eigenvalue weighted by atomic mass is 9.98. The maximum Gasteiger partial charge on any atom is 0.147 e. The van der Waals surface area contributed by atoms with Gasteiger partial charge in [-0.25, -0.2) is 0 Å². The van der Waals surface area contributed by atoms with E-state index in [4.69, 9.17) is 0 Å². The molecule has 2 aromatic rings. The number of aryl methyl sites for hydroxylation is 1. The second-order valence-corrected chi connectivity index (χ2v) is 5.83. The Hall–Kier alpha value is -1.72. The Morgan fingerprint density at radius 1 is 1.19 bits per heavy atom. The van der Waals surface area contributed by atoms with Crippen molar-refractivity contribution < 1.29 is 0 Å². The Bertz CT molecular complexity index is 589. The zero-order chi connectivity index (χ0) is 14.8. The van der Waals surface area contributed by atoms with Crippen LogP contribution in [0.4, 0.5) is 0 Å². The predicted octanol–water partition coefficient (Wildman–Crippen LogP) is 1.75. The molecule has 3 rings (SSSR count). The third-order valence-corrected chi connectivity index (χ3v) is 4.47. The molecule has 0 aliphatic carbocycles. The van der Waals surface area contributed by atoms with E-state index in [2.05, 4.69) is 63.1 Å².